The molecule has 1 unspecified atom stereocenters. The normalized spacial score (nSPS) is 14.7. The minimum atomic E-state index is -4.29. The van der Waals surface area contributed by atoms with Crippen LogP contribution in [0.2, 0.25) is 10.0 Å². The third-order valence-electron chi connectivity index (χ3n) is 7.44. The average molecular weight is 635 g/mol. The summed E-state index contributed by atoms with van der Waals surface area (Å²) in [5, 5.41) is 3.23. The smallest absolute Gasteiger partial charge is 0.264 e. The van der Waals surface area contributed by atoms with Gasteiger partial charge in [-0.3, -0.25) is 13.9 Å². The molecule has 0 heterocycles. The largest absolute Gasteiger partial charge is 0.352 e. The van der Waals surface area contributed by atoms with Crippen molar-refractivity contribution in [1.82, 2.24) is 10.2 Å². The Morgan fingerprint density at radius 2 is 1.62 bits per heavy atom. The van der Waals surface area contributed by atoms with Crippen LogP contribution in [0.4, 0.5) is 10.1 Å². The molecule has 0 aromatic heterocycles. The lowest BCUT2D eigenvalue weighted by atomic mass is 9.95. The van der Waals surface area contributed by atoms with Crippen LogP contribution in [0.5, 0.6) is 0 Å². The monoisotopic (exact) mass is 633 g/mol. The van der Waals surface area contributed by atoms with Gasteiger partial charge in [-0.25, -0.2) is 12.8 Å². The summed E-state index contributed by atoms with van der Waals surface area (Å²) in [6, 6.07) is 17.2. The molecule has 1 aliphatic rings. The van der Waals surface area contributed by atoms with E-state index < -0.39 is 34.3 Å². The maximum Gasteiger partial charge on any atom is 0.264 e. The van der Waals surface area contributed by atoms with Crippen LogP contribution in [-0.2, 0) is 26.2 Å². The quantitative estimate of drug-likeness (QED) is 0.258. The van der Waals surface area contributed by atoms with E-state index in [0.717, 1.165) is 48.5 Å². The molecule has 2 amide bonds. The van der Waals surface area contributed by atoms with E-state index in [1.165, 1.54) is 23.1 Å². The number of halogens is 3. The van der Waals surface area contributed by atoms with Gasteiger partial charge in [-0.15, -0.1) is 0 Å². The lowest BCUT2D eigenvalue weighted by molar-refractivity contribution is -0.140. The van der Waals surface area contributed by atoms with Gasteiger partial charge in [-0.1, -0.05) is 85.8 Å². The molecule has 0 saturated heterocycles. The summed E-state index contributed by atoms with van der Waals surface area (Å²) in [6.07, 6.45) is 5.21. The van der Waals surface area contributed by atoms with Crippen LogP contribution < -0.4 is 9.62 Å². The molecule has 11 heteroatoms. The second-order valence-corrected chi connectivity index (χ2v) is 13.0. The molecule has 0 radical (unpaired) electrons. The van der Waals surface area contributed by atoms with Gasteiger partial charge in [0.2, 0.25) is 11.8 Å². The molecule has 42 heavy (non-hydrogen) atoms. The van der Waals surface area contributed by atoms with Crippen LogP contribution >= 0.6 is 23.2 Å². The first kappa shape index (κ1) is 31.8. The highest BCUT2D eigenvalue weighted by Crippen LogP contribution is 2.29. The Morgan fingerprint density at radius 3 is 2.26 bits per heavy atom. The van der Waals surface area contributed by atoms with Crippen molar-refractivity contribution < 1.29 is 22.4 Å². The number of carbonyl (C=O) groups excluding carboxylic acids is 2. The van der Waals surface area contributed by atoms with Gasteiger partial charge in [-0.2, -0.15) is 0 Å². The van der Waals surface area contributed by atoms with Crippen LogP contribution in [0.3, 0.4) is 0 Å². The van der Waals surface area contributed by atoms with Gasteiger partial charge < -0.3 is 10.2 Å². The number of anilines is 1. The van der Waals surface area contributed by atoms with Crippen molar-refractivity contribution in [3.63, 3.8) is 0 Å². The van der Waals surface area contributed by atoms with E-state index in [1.807, 2.05) is 0 Å². The van der Waals surface area contributed by atoms with Gasteiger partial charge in [0.1, 0.15) is 18.4 Å². The minimum absolute atomic E-state index is 0.0102. The van der Waals surface area contributed by atoms with E-state index in [-0.39, 0.29) is 34.1 Å². The number of nitrogens with zero attached hydrogens (tertiary/aromatic N) is 2. The standard InChI is InChI=1S/C31H34Cl2FN3O4S/c1-2-29(31(39)35-23-12-5-3-6-13-23)36(20-22-11-9-10-16-26(22)32)30(38)21-37(24-17-18-28(34)27(33)19-24)42(40,41)25-14-7-4-8-15-25/h4,7-11,14-19,23,29H,2-3,5-6,12-13,20-21H2,1H3,(H,35,39). The van der Waals surface area contributed by atoms with Gasteiger partial charge in [-0.05, 0) is 61.2 Å². The number of benzene rings is 3. The number of nitrogens with one attached hydrogen (secondary N) is 1. The Kier molecular flexibility index (Phi) is 10.9. The Hall–Kier alpha value is -3.14. The molecule has 1 saturated carbocycles. The third kappa shape index (κ3) is 7.62. The second-order valence-electron chi connectivity index (χ2n) is 10.3. The maximum absolute atomic E-state index is 14.2. The van der Waals surface area contributed by atoms with E-state index in [9.17, 15) is 22.4 Å². The van der Waals surface area contributed by atoms with E-state index in [2.05, 4.69) is 5.32 Å². The highest BCUT2D eigenvalue weighted by molar-refractivity contribution is 7.92. The van der Waals surface area contributed by atoms with Crippen molar-refractivity contribution in [2.24, 2.45) is 0 Å². The first-order chi connectivity index (χ1) is 20.1. The molecule has 7 nitrogen and oxygen atoms in total. The van der Waals surface area contributed by atoms with Gasteiger partial charge in [0, 0.05) is 17.6 Å². The van der Waals surface area contributed by atoms with Gasteiger partial charge in [0.15, 0.2) is 0 Å². The summed E-state index contributed by atoms with van der Waals surface area (Å²) < 4.78 is 42.7. The zero-order valence-electron chi connectivity index (χ0n) is 23.3. The predicted octanol–water partition coefficient (Wildman–Crippen LogP) is 6.58. The summed E-state index contributed by atoms with van der Waals surface area (Å²) in [6.45, 7) is 1.13. The second kappa shape index (κ2) is 14.4. The summed E-state index contributed by atoms with van der Waals surface area (Å²) in [4.78, 5) is 29.1. The number of hydrogen-bond donors (Lipinski definition) is 1. The molecule has 0 aliphatic heterocycles. The molecule has 0 spiro atoms. The molecule has 1 fully saturated rings. The predicted molar refractivity (Wildman–Crippen MR) is 163 cm³/mol. The van der Waals surface area contributed by atoms with E-state index in [0.29, 0.717) is 17.0 Å². The first-order valence-electron chi connectivity index (χ1n) is 14.0. The molecule has 1 atom stereocenters. The van der Waals surface area contributed by atoms with Crippen molar-refractivity contribution in [3.8, 4) is 0 Å². The average Bonchev–Trinajstić information content (AvgIpc) is 2.99. The number of hydrogen-bond acceptors (Lipinski definition) is 4. The van der Waals surface area contributed by atoms with E-state index in [1.54, 1.807) is 49.4 Å². The first-order valence-corrected chi connectivity index (χ1v) is 16.2. The Balaban J connectivity index is 1.72. The highest BCUT2D eigenvalue weighted by atomic mass is 35.5. The minimum Gasteiger partial charge on any atom is -0.352 e. The maximum atomic E-state index is 14.2. The highest BCUT2D eigenvalue weighted by Gasteiger charge is 2.34. The molecule has 3 aromatic rings. The Morgan fingerprint density at radius 1 is 0.952 bits per heavy atom. The summed E-state index contributed by atoms with van der Waals surface area (Å²) in [5.41, 5.74) is 0.620. The van der Waals surface area contributed by atoms with E-state index in [4.69, 9.17) is 23.2 Å². The zero-order valence-corrected chi connectivity index (χ0v) is 25.6. The molecular weight excluding hydrogens is 600 g/mol. The van der Waals surface area contributed by atoms with Gasteiger partial charge >= 0.3 is 0 Å². The number of rotatable bonds is 11. The topological polar surface area (TPSA) is 86.8 Å². The molecule has 1 aliphatic carbocycles. The number of carbonyl (C=O) groups is 2. The molecule has 0 bridgehead atoms. The fourth-order valence-corrected chi connectivity index (χ4v) is 6.96. The molecule has 3 aromatic carbocycles. The van der Waals surface area contributed by atoms with Gasteiger partial charge in [0.25, 0.3) is 10.0 Å². The van der Waals surface area contributed by atoms with Crippen molar-refractivity contribution >= 4 is 50.7 Å². The SMILES string of the molecule is CCC(C(=O)NC1CCCCC1)N(Cc1ccccc1Cl)C(=O)CN(c1ccc(F)c(Cl)c1)S(=O)(=O)c1ccccc1. The molecular formula is C31H34Cl2FN3O4S. The molecule has 1 N–H and O–H groups in total. The summed E-state index contributed by atoms with van der Waals surface area (Å²) in [5.74, 6) is -1.65. The Bertz CT molecular complexity index is 1500. The fourth-order valence-electron chi connectivity index (χ4n) is 5.16. The molecule has 224 valence electrons. The lowest BCUT2D eigenvalue weighted by Gasteiger charge is -2.34. The van der Waals surface area contributed by atoms with Crippen LogP contribution in [0.25, 0.3) is 0 Å². The van der Waals surface area contributed by atoms with E-state index >= 15 is 0 Å². The van der Waals surface area contributed by atoms with Crippen LogP contribution in [0.1, 0.15) is 51.0 Å². The van der Waals surface area contributed by atoms with Crippen molar-refractivity contribution in [2.75, 3.05) is 10.8 Å². The summed E-state index contributed by atoms with van der Waals surface area (Å²) >= 11 is 12.5. The lowest BCUT2D eigenvalue weighted by Crippen LogP contribution is -2.54. The summed E-state index contributed by atoms with van der Waals surface area (Å²) in [7, 11) is -4.29. The third-order valence-corrected chi connectivity index (χ3v) is 9.88. The van der Waals surface area contributed by atoms with Gasteiger partial charge in [0.05, 0.1) is 15.6 Å². The van der Waals surface area contributed by atoms with Crippen LogP contribution in [-0.4, -0.2) is 43.8 Å². The fraction of sp³-hybridized carbons (Fsp3) is 0.355. The van der Waals surface area contributed by atoms with Crippen LogP contribution in [0.15, 0.2) is 77.7 Å². The Labute approximate surface area is 256 Å². The zero-order chi connectivity index (χ0) is 30.3. The number of amides is 2. The van der Waals surface area contributed by atoms with Crippen molar-refractivity contribution in [2.45, 2.75) is 69.0 Å². The number of sulfonamides is 1. The molecule has 4 rings (SSSR count). The van der Waals surface area contributed by atoms with Crippen LogP contribution in [0, 0.1) is 5.82 Å². The van der Waals surface area contributed by atoms with Crippen molar-refractivity contribution in [1.29, 1.82) is 0 Å². The van der Waals surface area contributed by atoms with Crippen molar-refractivity contribution in [3.05, 3.63) is 94.2 Å².